The minimum Gasteiger partial charge on any atom is -0.357 e. The molecule has 0 amide bonds. The van der Waals surface area contributed by atoms with Gasteiger partial charge >= 0.3 is 0 Å². The summed E-state index contributed by atoms with van der Waals surface area (Å²) in [5.41, 5.74) is 0. The Balaban J connectivity index is 3.00. The van der Waals surface area contributed by atoms with E-state index in [1.54, 1.807) is 18.8 Å². The van der Waals surface area contributed by atoms with E-state index in [9.17, 15) is 0 Å². The quantitative estimate of drug-likeness (QED) is 0.786. The molecule has 0 aliphatic rings. The van der Waals surface area contributed by atoms with Crippen molar-refractivity contribution in [3.8, 4) is 0 Å². The van der Waals surface area contributed by atoms with Gasteiger partial charge in [-0.3, -0.25) is 0 Å². The van der Waals surface area contributed by atoms with Gasteiger partial charge in [-0.05, 0) is 0 Å². The van der Waals surface area contributed by atoms with E-state index in [0.29, 0.717) is 17.1 Å². The zero-order valence-corrected chi connectivity index (χ0v) is 10.6. The Morgan fingerprint density at radius 1 is 1.20 bits per heavy atom. The first-order valence-corrected chi connectivity index (χ1v) is 5.68. The first-order chi connectivity index (χ1) is 7.02. The predicted molar refractivity (Wildman–Crippen MR) is 64.7 cm³/mol. The Kier molecular flexibility index (Phi) is 4.14. The molecular weight excluding hydrogens is 210 g/mol. The molecule has 0 spiro atoms. The molecule has 5 nitrogen and oxygen atoms in total. The topological polar surface area (TPSA) is 53.9 Å². The summed E-state index contributed by atoms with van der Waals surface area (Å²) in [6.07, 6.45) is 0. The first kappa shape index (κ1) is 12.0. The number of hydrogen-bond donors (Lipinski definition) is 1. The highest BCUT2D eigenvalue weighted by Crippen LogP contribution is 2.21. The van der Waals surface area contributed by atoms with E-state index in [1.165, 1.54) is 0 Å². The first-order valence-electron chi connectivity index (χ1n) is 4.80. The van der Waals surface area contributed by atoms with Crippen LogP contribution in [0.25, 0.3) is 0 Å². The molecule has 6 heteroatoms. The van der Waals surface area contributed by atoms with Crippen molar-refractivity contribution in [2.75, 3.05) is 31.4 Å². The Hall–Kier alpha value is -1.04. The normalized spacial score (nSPS) is 10.5. The van der Waals surface area contributed by atoms with Crippen LogP contribution in [0.1, 0.15) is 13.8 Å². The van der Waals surface area contributed by atoms with Gasteiger partial charge < -0.3 is 10.2 Å². The van der Waals surface area contributed by atoms with E-state index in [0.717, 1.165) is 5.16 Å². The SMILES string of the molecule is CNc1nc(SC(C)C)nc(N(C)C)n1. The molecule has 0 saturated carbocycles. The van der Waals surface area contributed by atoms with Gasteiger partial charge in [-0.2, -0.15) is 15.0 Å². The fourth-order valence-corrected chi connectivity index (χ4v) is 1.62. The maximum absolute atomic E-state index is 4.35. The lowest BCUT2D eigenvalue weighted by atomic mass is 10.6. The predicted octanol–water partition coefficient (Wildman–Crippen LogP) is 1.48. The number of aromatic nitrogens is 3. The maximum atomic E-state index is 4.35. The summed E-state index contributed by atoms with van der Waals surface area (Å²) >= 11 is 1.63. The van der Waals surface area contributed by atoms with Crippen LogP contribution in [-0.2, 0) is 0 Å². The lowest BCUT2D eigenvalue weighted by Crippen LogP contribution is -2.15. The highest BCUT2D eigenvalue weighted by atomic mass is 32.2. The molecular formula is C9H17N5S. The van der Waals surface area contributed by atoms with E-state index < -0.39 is 0 Å². The second kappa shape index (κ2) is 5.16. The van der Waals surface area contributed by atoms with Crippen LogP contribution in [0.15, 0.2) is 5.16 Å². The van der Waals surface area contributed by atoms with Gasteiger partial charge in [0.15, 0.2) is 5.16 Å². The second-order valence-corrected chi connectivity index (χ2v) is 5.10. The lowest BCUT2D eigenvalue weighted by Gasteiger charge is -2.12. The highest BCUT2D eigenvalue weighted by Gasteiger charge is 2.08. The third kappa shape index (κ3) is 3.54. The molecule has 15 heavy (non-hydrogen) atoms. The minimum atomic E-state index is 0.465. The summed E-state index contributed by atoms with van der Waals surface area (Å²) in [5, 5.41) is 4.16. The molecule has 0 aromatic carbocycles. The Labute approximate surface area is 94.7 Å². The fourth-order valence-electron chi connectivity index (χ4n) is 0.921. The number of rotatable bonds is 4. The molecule has 0 aliphatic heterocycles. The van der Waals surface area contributed by atoms with Crippen molar-refractivity contribution in [1.82, 2.24) is 15.0 Å². The molecule has 1 heterocycles. The molecule has 0 bridgehead atoms. The molecule has 1 aromatic rings. The Morgan fingerprint density at radius 3 is 2.33 bits per heavy atom. The molecule has 1 aromatic heterocycles. The van der Waals surface area contributed by atoms with Crippen molar-refractivity contribution < 1.29 is 0 Å². The Bertz CT molecular complexity index is 326. The summed E-state index contributed by atoms with van der Waals surface area (Å²) in [4.78, 5) is 14.7. The summed E-state index contributed by atoms with van der Waals surface area (Å²) in [6.45, 7) is 4.23. The number of nitrogens with one attached hydrogen (secondary N) is 1. The zero-order valence-electron chi connectivity index (χ0n) is 9.77. The average molecular weight is 227 g/mol. The van der Waals surface area contributed by atoms with Crippen LogP contribution in [0.5, 0.6) is 0 Å². The van der Waals surface area contributed by atoms with Crippen LogP contribution in [0.4, 0.5) is 11.9 Å². The van der Waals surface area contributed by atoms with Crippen LogP contribution in [0.3, 0.4) is 0 Å². The van der Waals surface area contributed by atoms with Gasteiger partial charge in [0.2, 0.25) is 11.9 Å². The van der Waals surface area contributed by atoms with Crippen LogP contribution >= 0.6 is 11.8 Å². The van der Waals surface area contributed by atoms with Gasteiger partial charge in [0.1, 0.15) is 0 Å². The maximum Gasteiger partial charge on any atom is 0.230 e. The van der Waals surface area contributed by atoms with Crippen LogP contribution in [-0.4, -0.2) is 41.3 Å². The van der Waals surface area contributed by atoms with Crippen molar-refractivity contribution in [2.45, 2.75) is 24.3 Å². The van der Waals surface area contributed by atoms with Crippen molar-refractivity contribution in [3.05, 3.63) is 0 Å². The smallest absolute Gasteiger partial charge is 0.230 e. The number of thioether (sulfide) groups is 1. The molecule has 0 atom stereocenters. The van der Waals surface area contributed by atoms with Gasteiger partial charge in [0, 0.05) is 26.4 Å². The summed E-state index contributed by atoms with van der Waals surface area (Å²) in [5.74, 6) is 1.29. The standard InChI is InChI=1S/C9H17N5S/c1-6(2)15-9-12-7(10-3)11-8(13-9)14(4)5/h6H,1-5H3,(H,10,11,12,13). The zero-order chi connectivity index (χ0) is 11.4. The number of hydrogen-bond acceptors (Lipinski definition) is 6. The monoisotopic (exact) mass is 227 g/mol. The molecule has 1 rings (SSSR count). The fraction of sp³-hybridized carbons (Fsp3) is 0.667. The molecule has 0 unspecified atom stereocenters. The van der Waals surface area contributed by atoms with Gasteiger partial charge in [-0.25, -0.2) is 0 Å². The third-order valence-corrected chi connectivity index (χ3v) is 2.43. The highest BCUT2D eigenvalue weighted by molar-refractivity contribution is 7.99. The van der Waals surface area contributed by atoms with E-state index in [2.05, 4.69) is 34.1 Å². The van der Waals surface area contributed by atoms with Crippen LogP contribution < -0.4 is 10.2 Å². The van der Waals surface area contributed by atoms with Crippen LogP contribution in [0.2, 0.25) is 0 Å². The summed E-state index contributed by atoms with van der Waals surface area (Å²) < 4.78 is 0. The second-order valence-electron chi connectivity index (χ2n) is 3.55. The van der Waals surface area contributed by atoms with Gasteiger partial charge in [0.25, 0.3) is 0 Å². The van der Waals surface area contributed by atoms with Crippen molar-refractivity contribution in [3.63, 3.8) is 0 Å². The van der Waals surface area contributed by atoms with E-state index in [4.69, 9.17) is 0 Å². The van der Waals surface area contributed by atoms with Gasteiger partial charge in [0.05, 0.1) is 0 Å². The van der Waals surface area contributed by atoms with E-state index in [1.807, 2.05) is 19.0 Å². The molecule has 0 saturated heterocycles. The van der Waals surface area contributed by atoms with E-state index >= 15 is 0 Å². The van der Waals surface area contributed by atoms with Crippen molar-refractivity contribution in [1.29, 1.82) is 0 Å². The number of nitrogens with zero attached hydrogens (tertiary/aromatic N) is 4. The third-order valence-electron chi connectivity index (χ3n) is 1.57. The average Bonchev–Trinajstić information content (AvgIpc) is 2.16. The molecule has 1 N–H and O–H groups in total. The molecule has 0 radical (unpaired) electrons. The largest absolute Gasteiger partial charge is 0.357 e. The van der Waals surface area contributed by atoms with Crippen molar-refractivity contribution >= 4 is 23.7 Å². The molecule has 0 aliphatic carbocycles. The minimum absolute atomic E-state index is 0.465. The summed E-state index contributed by atoms with van der Waals surface area (Å²) in [7, 11) is 5.63. The van der Waals surface area contributed by atoms with Crippen LogP contribution in [0, 0.1) is 0 Å². The Morgan fingerprint density at radius 2 is 1.87 bits per heavy atom. The summed E-state index contributed by atoms with van der Waals surface area (Å²) in [6, 6.07) is 0. The van der Waals surface area contributed by atoms with E-state index in [-0.39, 0.29) is 0 Å². The number of anilines is 2. The van der Waals surface area contributed by atoms with Gasteiger partial charge in [-0.15, -0.1) is 0 Å². The lowest BCUT2D eigenvalue weighted by molar-refractivity contribution is 0.866. The molecule has 0 fully saturated rings. The van der Waals surface area contributed by atoms with Gasteiger partial charge in [-0.1, -0.05) is 25.6 Å². The molecule has 84 valence electrons. The van der Waals surface area contributed by atoms with Crippen molar-refractivity contribution in [2.24, 2.45) is 0 Å².